The molecule has 2 aliphatic carbocycles. The van der Waals surface area contributed by atoms with Crippen LogP contribution in [0.15, 0.2) is 84.9 Å². The fourth-order valence-electron chi connectivity index (χ4n) is 12.7. The normalized spacial score (nSPS) is 15.8. The average Bonchev–Trinajstić information content (AvgIpc) is 1.51. The zero-order valence-electron chi connectivity index (χ0n) is 60.4. The van der Waals surface area contributed by atoms with Crippen molar-refractivity contribution in [3.63, 3.8) is 0 Å². The second-order valence-electron chi connectivity index (χ2n) is 29.5. The van der Waals surface area contributed by atoms with Gasteiger partial charge in [0.15, 0.2) is 15.5 Å². The molecular formula is C72H78ClF10N8O13PS2. The molecule has 0 spiro atoms. The highest BCUT2D eigenvalue weighted by molar-refractivity contribution is 7.92. The molecule has 2 aliphatic rings. The molecule has 3 amide bonds. The Labute approximate surface area is 617 Å². The van der Waals surface area contributed by atoms with Crippen molar-refractivity contribution in [3.05, 3.63) is 163 Å². The molecule has 0 unspecified atom stereocenters. The summed E-state index contributed by atoms with van der Waals surface area (Å²) in [5.41, 5.74) is -10.4. The van der Waals surface area contributed by atoms with Crippen molar-refractivity contribution in [2.45, 2.75) is 199 Å². The van der Waals surface area contributed by atoms with Crippen LogP contribution in [0.2, 0.25) is 5.02 Å². The van der Waals surface area contributed by atoms with Crippen molar-refractivity contribution in [2.75, 3.05) is 6.26 Å². The fraction of sp³-hybridized carbons (Fsp3) is 0.458. The lowest BCUT2D eigenvalue weighted by Crippen LogP contribution is -2.41. The number of nitrogens with one attached hydrogen (secondary N) is 2. The van der Waals surface area contributed by atoms with Gasteiger partial charge in [-0.2, -0.15) is 45.3 Å². The molecule has 0 bridgehead atoms. The van der Waals surface area contributed by atoms with Crippen molar-refractivity contribution in [1.29, 1.82) is 0 Å². The molecule has 578 valence electrons. The number of rotatable bonds is 26. The topological polar surface area (TPSA) is 266 Å². The predicted octanol–water partition coefficient (Wildman–Crippen LogP) is 14.4. The van der Waals surface area contributed by atoms with Crippen molar-refractivity contribution in [1.82, 2.24) is 39.5 Å². The summed E-state index contributed by atoms with van der Waals surface area (Å²) in [7, 11) is -12.9. The van der Waals surface area contributed by atoms with Crippen LogP contribution in [-0.2, 0) is 109 Å². The number of esters is 1. The van der Waals surface area contributed by atoms with Gasteiger partial charge in [-0.3, -0.25) is 37.6 Å². The minimum Gasteiger partial charge on any atom is -0.460 e. The van der Waals surface area contributed by atoms with E-state index in [1.54, 1.807) is 65.0 Å². The number of aromatic nitrogens is 5. The summed E-state index contributed by atoms with van der Waals surface area (Å²) in [5.74, 6) is -8.63. The Kier molecular flexibility index (Phi) is 23.3. The van der Waals surface area contributed by atoms with E-state index in [1.165, 1.54) is 61.5 Å². The van der Waals surface area contributed by atoms with E-state index < -0.39 is 222 Å². The quantitative estimate of drug-likeness (QED) is 0.0150. The molecule has 7 aromatic rings. The van der Waals surface area contributed by atoms with Gasteiger partial charge in [-0.05, 0) is 160 Å². The third kappa shape index (κ3) is 19.2. The highest BCUT2D eigenvalue weighted by Crippen LogP contribution is 2.68. The molecule has 107 heavy (non-hydrogen) atoms. The fourth-order valence-corrected chi connectivity index (χ4v) is 15.3. The molecule has 1 fully saturated rings. The van der Waals surface area contributed by atoms with Crippen LogP contribution in [0, 0.1) is 29.4 Å². The van der Waals surface area contributed by atoms with Crippen molar-refractivity contribution >= 4 is 74.7 Å². The second-order valence-corrected chi connectivity index (χ2v) is 34.9. The van der Waals surface area contributed by atoms with Gasteiger partial charge in [-0.1, -0.05) is 67.8 Å². The number of halogens is 11. The Bertz CT molecular complexity index is 4940. The summed E-state index contributed by atoms with van der Waals surface area (Å²) in [6.45, 7) is 14.9. The SMILES string of the molecule is CC(C)OP(=O)(Oc1cc(C(=O)NC(C)(C)c2ccccc2)cc(CC(=O)OC(C)(C)C)c1C(C)(C)CC(=O)N(Cc1nn(CC(F)(F)F)c2c(-c3ccc(C#CC(C)(C)S(C)(=O)=O)nc3[C@H](Cc3cc(F)cc(F)c3)NC(=O)Cn3nc(C(F)(F)F)c4c3C(F)(F)[C@@H]3C[C@H]43)ccc(Cl)c12)[SH](=O)=O)OC(C)C. The maximum atomic E-state index is 15.9. The van der Waals surface area contributed by atoms with Crippen molar-refractivity contribution in [3.8, 4) is 28.7 Å². The van der Waals surface area contributed by atoms with E-state index in [9.17, 15) is 49.0 Å². The highest BCUT2D eigenvalue weighted by Gasteiger charge is 2.68. The van der Waals surface area contributed by atoms with Gasteiger partial charge < -0.3 is 19.9 Å². The lowest BCUT2D eigenvalue weighted by molar-refractivity contribution is -0.154. The van der Waals surface area contributed by atoms with Gasteiger partial charge in [0.1, 0.15) is 52.2 Å². The summed E-state index contributed by atoms with van der Waals surface area (Å²) < 4.78 is 242. The number of benzene rings is 4. The van der Waals surface area contributed by atoms with E-state index in [1.807, 2.05) is 0 Å². The molecule has 3 heterocycles. The molecule has 21 nitrogen and oxygen atoms in total. The van der Waals surface area contributed by atoms with Crippen LogP contribution in [0.1, 0.15) is 181 Å². The van der Waals surface area contributed by atoms with E-state index in [-0.39, 0.29) is 54.5 Å². The number of amides is 3. The molecule has 3 aromatic heterocycles. The van der Waals surface area contributed by atoms with Gasteiger partial charge in [-0.15, -0.1) is 0 Å². The molecule has 0 radical (unpaired) electrons. The van der Waals surface area contributed by atoms with E-state index >= 15 is 35.5 Å². The van der Waals surface area contributed by atoms with Gasteiger partial charge in [0.2, 0.25) is 22.7 Å². The maximum absolute atomic E-state index is 15.9. The molecule has 1 saturated carbocycles. The number of carbonyl (C=O) groups is 4. The Morgan fingerprint density at radius 3 is 2.02 bits per heavy atom. The first-order valence-corrected chi connectivity index (χ1v) is 38.2. The first-order chi connectivity index (χ1) is 49.2. The van der Waals surface area contributed by atoms with Crippen molar-refractivity contribution < 1.29 is 103 Å². The first kappa shape index (κ1) is 82.6. The number of carbonyl (C=O) groups excluding carboxylic acids is 4. The summed E-state index contributed by atoms with van der Waals surface area (Å²) >= 11 is 6.95. The van der Waals surface area contributed by atoms with Gasteiger partial charge in [0.25, 0.3) is 11.8 Å². The second kappa shape index (κ2) is 30.2. The summed E-state index contributed by atoms with van der Waals surface area (Å²) in [5, 5.41) is 12.2. The van der Waals surface area contributed by atoms with E-state index in [0.717, 1.165) is 48.7 Å². The van der Waals surface area contributed by atoms with Crippen LogP contribution in [-0.4, -0.2) is 104 Å². The number of hydrogen-bond donors (Lipinski definition) is 3. The molecular weight excluding hydrogens is 1510 g/mol. The summed E-state index contributed by atoms with van der Waals surface area (Å²) in [6.07, 6.45) is -14.0. The van der Waals surface area contributed by atoms with Gasteiger partial charge in [0.05, 0.1) is 58.7 Å². The molecule has 2 N–H and O–H groups in total. The predicted molar refractivity (Wildman–Crippen MR) is 375 cm³/mol. The van der Waals surface area contributed by atoms with E-state index in [4.69, 9.17) is 29.9 Å². The third-order valence-corrected chi connectivity index (χ3v) is 22.3. The summed E-state index contributed by atoms with van der Waals surface area (Å²) in [6, 6.07) is 16.0. The van der Waals surface area contributed by atoms with Gasteiger partial charge in [-0.25, -0.2) is 39.5 Å². The maximum Gasteiger partial charge on any atom is 0.530 e. The van der Waals surface area contributed by atoms with Crippen LogP contribution in [0.4, 0.5) is 43.9 Å². The number of nitrogens with zero attached hydrogens (tertiary/aromatic N) is 6. The van der Waals surface area contributed by atoms with Crippen LogP contribution in [0.5, 0.6) is 5.75 Å². The zero-order valence-corrected chi connectivity index (χ0v) is 63.7. The number of phosphoric acid groups is 1. The molecule has 0 aliphatic heterocycles. The Hall–Kier alpha value is -8.41. The largest absolute Gasteiger partial charge is 0.530 e. The van der Waals surface area contributed by atoms with Crippen LogP contribution < -0.4 is 15.2 Å². The van der Waals surface area contributed by atoms with E-state index in [2.05, 4.69) is 37.7 Å². The van der Waals surface area contributed by atoms with Gasteiger partial charge in [0, 0.05) is 63.3 Å². The number of phosphoric ester groups is 1. The summed E-state index contributed by atoms with van der Waals surface area (Å²) in [4.78, 5) is 63.1. The number of hydrogen-bond acceptors (Lipinski definition) is 16. The Morgan fingerprint density at radius 2 is 1.45 bits per heavy atom. The molecule has 4 aromatic carbocycles. The number of pyridine rings is 1. The molecule has 9 rings (SSSR count). The van der Waals surface area contributed by atoms with E-state index in [0.29, 0.717) is 16.3 Å². The Balaban J connectivity index is 1.20. The number of alkyl halides is 8. The van der Waals surface area contributed by atoms with Gasteiger partial charge >= 0.3 is 26.1 Å². The number of sulfone groups is 1. The first-order valence-electron chi connectivity index (χ1n) is 33.4. The minimum absolute atomic E-state index is 0.0786. The molecule has 35 heteroatoms. The van der Waals surface area contributed by atoms with Crippen LogP contribution in [0.25, 0.3) is 22.0 Å². The lowest BCUT2D eigenvalue weighted by Gasteiger charge is -2.33. The standard InChI is InChI=1S/C72H78ClF10N8O13PS2/c1-38(2)102-105(96,103-39(3)4)104-54-30-42(65(95)86-69(12,13)43-18-16-15-17-19-43)29-41(31-57(94)101-66(5,6)7)60(54)67(8,9)34-56(93)91(106(97)98)35-53-59-51(73)23-22-48(62(59)90(87-53)37-70(76,77)78)47-21-20-46(24-25-68(10,11)107(14,99)100)84-61(47)52(28-40-26-44(74)32-45(75)27-40)85-55(92)36-89-64-58(63(88-89)72(81,82)83)49-33-50(49)71(64,79)80/h15-23,26-27,29-30,32,38-39,49-50,52,106H,28,31,33-37H2,1-14H3,(H,85,92)(H,86,95)/t49-,50+,52-/m0/s1. The number of fused-ring (bicyclic) bond motifs is 4. The highest BCUT2D eigenvalue weighted by atomic mass is 35.5. The smallest absolute Gasteiger partial charge is 0.460 e. The third-order valence-electron chi connectivity index (χ3n) is 17.5. The lowest BCUT2D eigenvalue weighted by atomic mass is 9.77. The molecule has 0 saturated heterocycles. The molecule has 3 atom stereocenters. The average molecular weight is 1580 g/mol. The van der Waals surface area contributed by atoms with Crippen LogP contribution in [0.3, 0.4) is 0 Å². The van der Waals surface area contributed by atoms with Crippen LogP contribution >= 0.6 is 19.4 Å². The number of thiol groups is 1. The zero-order chi connectivity index (χ0) is 79.6. The minimum atomic E-state index is -5.27. The Morgan fingerprint density at radius 1 is 0.832 bits per heavy atom. The number of ether oxygens (including phenoxy) is 1. The van der Waals surface area contributed by atoms with Crippen molar-refractivity contribution in [2.24, 2.45) is 5.92 Å². The monoisotopic (exact) mass is 1580 g/mol.